The Morgan fingerprint density at radius 1 is 1.36 bits per heavy atom. The number of amides is 1. The van der Waals surface area contributed by atoms with E-state index in [2.05, 4.69) is 32.2 Å². The van der Waals surface area contributed by atoms with Crippen LogP contribution in [0.25, 0.3) is 11.3 Å². The van der Waals surface area contributed by atoms with E-state index in [0.29, 0.717) is 29.7 Å². The van der Waals surface area contributed by atoms with E-state index in [1.807, 2.05) is 25.1 Å². The summed E-state index contributed by atoms with van der Waals surface area (Å²) in [6, 6.07) is 3.88. The van der Waals surface area contributed by atoms with Crippen molar-refractivity contribution < 1.29 is 4.79 Å². The third-order valence-corrected chi connectivity index (χ3v) is 5.18. The first kappa shape index (κ1) is 20.0. The minimum atomic E-state index is -0.0461. The van der Waals surface area contributed by atoms with Crippen LogP contribution in [0.4, 0.5) is 5.82 Å². The Kier molecular flexibility index (Phi) is 6.76. The number of allylic oxidation sites excluding steroid dienone is 3. The van der Waals surface area contributed by atoms with Crippen LogP contribution in [0.15, 0.2) is 52.4 Å². The van der Waals surface area contributed by atoms with Gasteiger partial charge in [-0.1, -0.05) is 29.7 Å². The number of halogens is 1. The SMILES string of the molecule is C=N/C(Cl)=C\C=C(/C)CCC(=O)Nc1[nH]nc(-c2ccncc2)c1C1CCC1. The van der Waals surface area contributed by atoms with Crippen LogP contribution in [0.1, 0.15) is 50.5 Å². The maximum absolute atomic E-state index is 12.5. The first-order valence-electron chi connectivity index (χ1n) is 9.36. The highest BCUT2D eigenvalue weighted by molar-refractivity contribution is 6.29. The van der Waals surface area contributed by atoms with Crippen molar-refractivity contribution in [2.75, 3.05) is 5.32 Å². The Balaban J connectivity index is 1.69. The maximum Gasteiger partial charge on any atom is 0.225 e. The quantitative estimate of drug-likeness (QED) is 0.365. The Morgan fingerprint density at radius 2 is 2.11 bits per heavy atom. The average molecular weight is 398 g/mol. The van der Waals surface area contributed by atoms with Crippen molar-refractivity contribution >= 4 is 30.0 Å². The maximum atomic E-state index is 12.5. The van der Waals surface area contributed by atoms with E-state index < -0.39 is 0 Å². The molecule has 6 nitrogen and oxygen atoms in total. The van der Waals surface area contributed by atoms with Gasteiger partial charge in [0.1, 0.15) is 11.0 Å². The van der Waals surface area contributed by atoms with Crippen molar-refractivity contribution in [1.82, 2.24) is 15.2 Å². The number of carbonyl (C=O) groups is 1. The van der Waals surface area contributed by atoms with Crippen molar-refractivity contribution in [3.05, 3.63) is 53.0 Å². The average Bonchev–Trinajstić information content (AvgIpc) is 3.06. The number of aromatic amines is 1. The summed E-state index contributed by atoms with van der Waals surface area (Å²) in [4.78, 5) is 20.2. The molecule has 0 atom stereocenters. The van der Waals surface area contributed by atoms with E-state index in [1.165, 1.54) is 6.42 Å². The molecule has 0 aromatic carbocycles. The summed E-state index contributed by atoms with van der Waals surface area (Å²) in [6.45, 7) is 5.31. The third-order valence-electron chi connectivity index (χ3n) is 4.94. The topological polar surface area (TPSA) is 83.0 Å². The van der Waals surface area contributed by atoms with Gasteiger partial charge in [-0.05, 0) is 57.0 Å². The van der Waals surface area contributed by atoms with Crippen LogP contribution in [-0.4, -0.2) is 27.8 Å². The highest BCUT2D eigenvalue weighted by Gasteiger charge is 2.28. The zero-order valence-corrected chi connectivity index (χ0v) is 16.7. The Labute approximate surface area is 169 Å². The second kappa shape index (κ2) is 9.46. The van der Waals surface area contributed by atoms with Crippen LogP contribution in [0.2, 0.25) is 0 Å². The van der Waals surface area contributed by atoms with Gasteiger partial charge in [-0.15, -0.1) is 0 Å². The number of anilines is 1. The van der Waals surface area contributed by atoms with E-state index in [0.717, 1.165) is 35.2 Å². The van der Waals surface area contributed by atoms with Crippen LogP contribution < -0.4 is 5.32 Å². The number of aliphatic imine (C=N–C) groups is 1. The number of pyridine rings is 1. The third kappa shape index (κ3) is 4.95. The van der Waals surface area contributed by atoms with Crippen molar-refractivity contribution in [3.8, 4) is 11.3 Å². The molecule has 3 rings (SSSR count). The molecule has 2 aromatic rings. The van der Waals surface area contributed by atoms with Crippen LogP contribution in [0.3, 0.4) is 0 Å². The van der Waals surface area contributed by atoms with Gasteiger partial charge in [0.05, 0.1) is 5.69 Å². The minimum Gasteiger partial charge on any atom is -0.311 e. The molecule has 7 heteroatoms. The number of hydrogen-bond acceptors (Lipinski definition) is 4. The molecular formula is C21H24ClN5O. The number of rotatable bonds is 8. The Morgan fingerprint density at radius 3 is 2.75 bits per heavy atom. The lowest BCUT2D eigenvalue weighted by Gasteiger charge is -2.26. The number of hydrogen-bond donors (Lipinski definition) is 2. The first-order valence-corrected chi connectivity index (χ1v) is 9.74. The number of H-pyrrole nitrogens is 1. The van der Waals surface area contributed by atoms with Gasteiger partial charge in [-0.3, -0.25) is 19.9 Å². The summed E-state index contributed by atoms with van der Waals surface area (Å²) in [5, 5.41) is 10.8. The molecule has 1 aliphatic rings. The summed E-state index contributed by atoms with van der Waals surface area (Å²) in [5.41, 5.74) is 4.05. The monoisotopic (exact) mass is 397 g/mol. The van der Waals surface area contributed by atoms with E-state index >= 15 is 0 Å². The lowest BCUT2D eigenvalue weighted by atomic mass is 9.79. The molecule has 2 N–H and O–H groups in total. The van der Waals surface area contributed by atoms with Gasteiger partial charge < -0.3 is 5.32 Å². The fourth-order valence-electron chi connectivity index (χ4n) is 3.13. The summed E-state index contributed by atoms with van der Waals surface area (Å²) in [7, 11) is 0. The highest BCUT2D eigenvalue weighted by Crippen LogP contribution is 2.43. The lowest BCUT2D eigenvalue weighted by Crippen LogP contribution is -2.16. The predicted molar refractivity (Wildman–Crippen MR) is 114 cm³/mol. The molecule has 2 aromatic heterocycles. The molecule has 0 radical (unpaired) electrons. The zero-order valence-electron chi connectivity index (χ0n) is 15.9. The van der Waals surface area contributed by atoms with Gasteiger partial charge >= 0.3 is 0 Å². The number of nitrogens with zero attached hydrogens (tertiary/aromatic N) is 3. The van der Waals surface area contributed by atoms with Gasteiger partial charge in [0.2, 0.25) is 5.91 Å². The second-order valence-electron chi connectivity index (χ2n) is 6.93. The lowest BCUT2D eigenvalue weighted by molar-refractivity contribution is -0.116. The Hall–Kier alpha value is -2.73. The fourth-order valence-corrected chi connectivity index (χ4v) is 3.19. The zero-order chi connectivity index (χ0) is 19.9. The van der Waals surface area contributed by atoms with Crippen molar-refractivity contribution in [2.45, 2.75) is 44.9 Å². The van der Waals surface area contributed by atoms with E-state index in [-0.39, 0.29) is 5.91 Å². The number of aromatic nitrogens is 3. The molecule has 1 saturated carbocycles. The van der Waals surface area contributed by atoms with Crippen LogP contribution in [0.5, 0.6) is 0 Å². The van der Waals surface area contributed by atoms with Crippen molar-refractivity contribution in [3.63, 3.8) is 0 Å². The van der Waals surface area contributed by atoms with Crippen molar-refractivity contribution in [2.24, 2.45) is 4.99 Å². The van der Waals surface area contributed by atoms with Gasteiger partial charge in [0.25, 0.3) is 0 Å². The number of nitrogens with one attached hydrogen (secondary N) is 2. The van der Waals surface area contributed by atoms with Gasteiger partial charge in [-0.2, -0.15) is 5.10 Å². The molecule has 0 bridgehead atoms. The van der Waals surface area contributed by atoms with Crippen LogP contribution in [0, 0.1) is 0 Å². The molecule has 1 fully saturated rings. The largest absolute Gasteiger partial charge is 0.311 e. The van der Waals surface area contributed by atoms with E-state index in [4.69, 9.17) is 11.6 Å². The summed E-state index contributed by atoms with van der Waals surface area (Å²) in [5.74, 6) is 1.09. The molecule has 0 spiro atoms. The molecule has 0 aliphatic heterocycles. The summed E-state index contributed by atoms with van der Waals surface area (Å²) in [6.07, 6.45) is 11.5. The first-order chi connectivity index (χ1) is 13.6. The smallest absolute Gasteiger partial charge is 0.225 e. The molecule has 0 unspecified atom stereocenters. The molecular weight excluding hydrogens is 374 g/mol. The van der Waals surface area contributed by atoms with Crippen LogP contribution in [-0.2, 0) is 4.79 Å². The molecule has 1 amide bonds. The molecule has 28 heavy (non-hydrogen) atoms. The van der Waals surface area contributed by atoms with Gasteiger partial charge in [-0.25, -0.2) is 0 Å². The summed E-state index contributed by atoms with van der Waals surface area (Å²) < 4.78 is 0. The van der Waals surface area contributed by atoms with E-state index in [9.17, 15) is 4.79 Å². The Bertz CT molecular complexity index is 897. The van der Waals surface area contributed by atoms with Gasteiger partial charge in [0.15, 0.2) is 0 Å². The predicted octanol–water partition coefficient (Wildman–Crippen LogP) is 5.19. The van der Waals surface area contributed by atoms with Gasteiger partial charge in [0, 0.05) is 29.9 Å². The molecule has 1 aliphatic carbocycles. The van der Waals surface area contributed by atoms with Crippen LogP contribution >= 0.6 is 11.6 Å². The molecule has 2 heterocycles. The van der Waals surface area contributed by atoms with Crippen molar-refractivity contribution in [1.29, 1.82) is 0 Å². The molecule has 146 valence electrons. The van der Waals surface area contributed by atoms with E-state index in [1.54, 1.807) is 18.5 Å². The number of carbonyl (C=O) groups excluding carboxylic acids is 1. The fraction of sp³-hybridized carbons (Fsp3) is 0.333. The standard InChI is InChI=1S/C21H24ClN5O/c1-14(6-8-17(22)23-2)7-9-18(28)25-21-19(15-4-3-5-15)20(26-27-21)16-10-12-24-13-11-16/h6,8,10-13,15H,2-5,7,9H2,1H3,(H2,25,26,27,28)/b14-6+,17-8-. The minimum absolute atomic E-state index is 0.0461. The highest BCUT2D eigenvalue weighted by atomic mass is 35.5. The normalized spacial score (nSPS) is 15.2. The second-order valence-corrected chi connectivity index (χ2v) is 7.32. The summed E-state index contributed by atoms with van der Waals surface area (Å²) >= 11 is 5.79. The molecule has 0 saturated heterocycles.